The first-order chi connectivity index (χ1) is 7.63. The number of nitrogens with zero attached hydrogens (tertiary/aromatic N) is 1. The number of rotatable bonds is 8. The van der Waals surface area contributed by atoms with E-state index in [2.05, 4.69) is 6.92 Å². The van der Waals surface area contributed by atoms with Gasteiger partial charge in [0.2, 0.25) is 0 Å². The summed E-state index contributed by atoms with van der Waals surface area (Å²) in [6.07, 6.45) is 9.30. The summed E-state index contributed by atoms with van der Waals surface area (Å²) < 4.78 is 0. The van der Waals surface area contributed by atoms with Gasteiger partial charge in [0.15, 0.2) is 0 Å². The second-order valence-electron chi connectivity index (χ2n) is 4.08. The van der Waals surface area contributed by atoms with Gasteiger partial charge in [0.1, 0.15) is 0 Å². The molecule has 0 spiro atoms. The van der Waals surface area contributed by atoms with E-state index in [0.717, 1.165) is 12.0 Å². The van der Waals surface area contributed by atoms with Crippen molar-refractivity contribution >= 4 is 5.91 Å². The van der Waals surface area contributed by atoms with E-state index in [-0.39, 0.29) is 5.91 Å². The fourth-order valence-electron chi connectivity index (χ4n) is 1.49. The Bertz CT molecular complexity index is 224. The third kappa shape index (κ3) is 6.62. The zero-order valence-corrected chi connectivity index (χ0v) is 11.1. The molecule has 3 nitrogen and oxygen atoms in total. The predicted molar refractivity (Wildman–Crippen MR) is 66.9 cm³/mol. The third-order valence-electron chi connectivity index (χ3n) is 2.66. The predicted octanol–water partition coefficient (Wildman–Crippen LogP) is 3.31. The molecule has 0 fully saturated rings. The Hall–Kier alpha value is -0.830. The molecular formula is C13H25NO2. The van der Waals surface area contributed by atoms with Crippen molar-refractivity contribution in [2.75, 3.05) is 14.2 Å². The van der Waals surface area contributed by atoms with Gasteiger partial charge in [-0.15, -0.1) is 0 Å². The minimum Gasteiger partial charge on any atom is -0.274 e. The molecule has 0 aliphatic heterocycles. The number of hydroxylamine groups is 2. The molecule has 0 unspecified atom stereocenters. The molecular weight excluding hydrogens is 202 g/mol. The van der Waals surface area contributed by atoms with Crippen molar-refractivity contribution in [1.29, 1.82) is 0 Å². The van der Waals surface area contributed by atoms with Crippen LogP contribution in [0.4, 0.5) is 0 Å². The van der Waals surface area contributed by atoms with Crippen LogP contribution in [0.25, 0.3) is 0 Å². The fraction of sp³-hybridized carbons (Fsp3) is 0.769. The highest BCUT2D eigenvalue weighted by Gasteiger charge is 2.08. The monoisotopic (exact) mass is 227 g/mol. The van der Waals surface area contributed by atoms with Gasteiger partial charge >= 0.3 is 0 Å². The highest BCUT2D eigenvalue weighted by Crippen LogP contribution is 2.08. The van der Waals surface area contributed by atoms with E-state index in [9.17, 15) is 4.79 Å². The maximum atomic E-state index is 11.6. The van der Waals surface area contributed by atoms with Gasteiger partial charge in [-0.3, -0.25) is 9.63 Å². The van der Waals surface area contributed by atoms with Crippen LogP contribution in [0.5, 0.6) is 0 Å². The summed E-state index contributed by atoms with van der Waals surface area (Å²) in [4.78, 5) is 16.4. The van der Waals surface area contributed by atoms with Gasteiger partial charge in [-0.05, 0) is 19.8 Å². The molecule has 94 valence electrons. The molecule has 0 radical (unpaired) electrons. The van der Waals surface area contributed by atoms with E-state index in [4.69, 9.17) is 4.84 Å². The molecule has 1 amide bonds. The van der Waals surface area contributed by atoms with Crippen LogP contribution >= 0.6 is 0 Å². The fourth-order valence-corrected chi connectivity index (χ4v) is 1.49. The van der Waals surface area contributed by atoms with Crippen LogP contribution in [0.15, 0.2) is 11.6 Å². The Balaban J connectivity index is 3.74. The van der Waals surface area contributed by atoms with Crippen molar-refractivity contribution in [1.82, 2.24) is 5.06 Å². The van der Waals surface area contributed by atoms with Crippen LogP contribution in [-0.2, 0) is 9.63 Å². The first-order valence-electron chi connectivity index (χ1n) is 6.12. The average Bonchev–Trinajstić information content (AvgIpc) is 2.31. The quantitative estimate of drug-likeness (QED) is 0.362. The average molecular weight is 227 g/mol. The van der Waals surface area contributed by atoms with Gasteiger partial charge in [0.05, 0.1) is 7.11 Å². The first-order valence-corrected chi connectivity index (χ1v) is 6.12. The molecule has 0 aromatic heterocycles. The van der Waals surface area contributed by atoms with E-state index in [1.54, 1.807) is 7.05 Å². The molecule has 0 N–H and O–H groups in total. The van der Waals surface area contributed by atoms with Crippen LogP contribution in [0.2, 0.25) is 0 Å². The van der Waals surface area contributed by atoms with Crippen LogP contribution in [0.1, 0.15) is 52.4 Å². The molecule has 3 heteroatoms. The molecule has 0 saturated carbocycles. The molecule has 0 aromatic carbocycles. The summed E-state index contributed by atoms with van der Waals surface area (Å²) in [5.41, 5.74) is 0.764. The Morgan fingerprint density at radius 3 is 2.44 bits per heavy atom. The number of carbonyl (C=O) groups excluding carboxylic acids is 1. The van der Waals surface area contributed by atoms with Gasteiger partial charge in [-0.2, -0.15) is 0 Å². The minimum atomic E-state index is -0.0592. The molecule has 0 heterocycles. The number of hydrogen-bond acceptors (Lipinski definition) is 2. The second kappa shape index (κ2) is 9.40. The zero-order chi connectivity index (χ0) is 12.4. The highest BCUT2D eigenvalue weighted by molar-refractivity contribution is 5.91. The normalized spacial score (nSPS) is 11.6. The Morgan fingerprint density at radius 2 is 1.88 bits per heavy atom. The Labute approximate surface area is 99.4 Å². The second-order valence-corrected chi connectivity index (χ2v) is 4.08. The SMILES string of the molecule is CCCCCCC/C=C(\C)C(=O)N(C)OC. The number of amides is 1. The molecule has 0 atom stereocenters. The van der Waals surface area contributed by atoms with Crippen molar-refractivity contribution in [2.45, 2.75) is 52.4 Å². The van der Waals surface area contributed by atoms with E-state index in [1.807, 2.05) is 13.0 Å². The smallest absolute Gasteiger partial charge is 0.272 e. The van der Waals surface area contributed by atoms with Crippen LogP contribution in [0.3, 0.4) is 0 Å². The van der Waals surface area contributed by atoms with Crippen molar-refractivity contribution < 1.29 is 9.63 Å². The lowest BCUT2D eigenvalue weighted by Crippen LogP contribution is -2.25. The molecule has 0 bridgehead atoms. The van der Waals surface area contributed by atoms with Gasteiger partial charge in [0.25, 0.3) is 5.91 Å². The van der Waals surface area contributed by atoms with E-state index in [1.165, 1.54) is 44.3 Å². The lowest BCUT2D eigenvalue weighted by Gasteiger charge is -2.13. The number of unbranched alkanes of at least 4 members (excludes halogenated alkanes) is 5. The standard InChI is InChI=1S/C13H25NO2/c1-5-6-7-8-9-10-11-12(2)13(15)14(3)16-4/h11H,5-10H2,1-4H3/b12-11+. The molecule has 0 aromatic rings. The lowest BCUT2D eigenvalue weighted by molar-refractivity contribution is -0.163. The van der Waals surface area contributed by atoms with Crippen molar-refractivity contribution in [3.05, 3.63) is 11.6 Å². The van der Waals surface area contributed by atoms with E-state index < -0.39 is 0 Å². The van der Waals surface area contributed by atoms with Gasteiger partial charge < -0.3 is 0 Å². The largest absolute Gasteiger partial charge is 0.274 e. The number of allylic oxidation sites excluding steroid dienone is 1. The van der Waals surface area contributed by atoms with Gasteiger partial charge in [0, 0.05) is 12.6 Å². The molecule has 0 aliphatic carbocycles. The summed E-state index contributed by atoms with van der Waals surface area (Å²) in [5, 5.41) is 1.25. The molecule has 0 aliphatic rings. The van der Waals surface area contributed by atoms with Gasteiger partial charge in [-0.1, -0.05) is 38.7 Å². The molecule has 0 saturated heterocycles. The molecule has 0 rings (SSSR count). The maximum absolute atomic E-state index is 11.6. The molecule has 16 heavy (non-hydrogen) atoms. The lowest BCUT2D eigenvalue weighted by atomic mass is 10.1. The van der Waals surface area contributed by atoms with Crippen LogP contribution in [0, 0.1) is 0 Å². The van der Waals surface area contributed by atoms with Gasteiger partial charge in [-0.25, -0.2) is 5.06 Å². The number of hydrogen-bond donors (Lipinski definition) is 0. The number of likely N-dealkylation sites (N-methyl/N-ethyl adjacent to an activating group) is 1. The van der Waals surface area contributed by atoms with Crippen LogP contribution in [-0.4, -0.2) is 25.1 Å². The first kappa shape index (κ1) is 15.2. The van der Waals surface area contributed by atoms with E-state index >= 15 is 0 Å². The summed E-state index contributed by atoms with van der Waals surface area (Å²) in [6.45, 7) is 4.05. The van der Waals surface area contributed by atoms with E-state index in [0.29, 0.717) is 0 Å². The Morgan fingerprint density at radius 1 is 1.25 bits per heavy atom. The van der Waals surface area contributed by atoms with Crippen molar-refractivity contribution in [2.24, 2.45) is 0 Å². The Kier molecular flexibility index (Phi) is 8.91. The topological polar surface area (TPSA) is 29.5 Å². The number of carbonyl (C=O) groups is 1. The summed E-state index contributed by atoms with van der Waals surface area (Å²) in [7, 11) is 3.12. The maximum Gasteiger partial charge on any atom is 0.272 e. The highest BCUT2D eigenvalue weighted by atomic mass is 16.7. The zero-order valence-electron chi connectivity index (χ0n) is 11.1. The van der Waals surface area contributed by atoms with Crippen molar-refractivity contribution in [3.63, 3.8) is 0 Å². The summed E-state index contributed by atoms with van der Waals surface area (Å²) in [6, 6.07) is 0. The van der Waals surface area contributed by atoms with Crippen LogP contribution < -0.4 is 0 Å². The summed E-state index contributed by atoms with van der Waals surface area (Å²) in [5.74, 6) is -0.0592. The third-order valence-corrected chi connectivity index (χ3v) is 2.66. The summed E-state index contributed by atoms with van der Waals surface area (Å²) >= 11 is 0. The van der Waals surface area contributed by atoms with Crippen molar-refractivity contribution in [3.8, 4) is 0 Å². The minimum absolute atomic E-state index is 0.0592.